The van der Waals surface area contributed by atoms with Crippen LogP contribution in [0.5, 0.6) is 0 Å². The molecule has 20 heavy (non-hydrogen) atoms. The van der Waals surface area contributed by atoms with Gasteiger partial charge in [-0.3, -0.25) is 4.79 Å². The maximum Gasteiger partial charge on any atom is 0.471 e. The van der Waals surface area contributed by atoms with Gasteiger partial charge in [-0.2, -0.15) is 13.2 Å². The number of nitrogens with one attached hydrogen (secondary N) is 1. The Balaban J connectivity index is 2.76. The van der Waals surface area contributed by atoms with E-state index < -0.39 is 18.1 Å². The monoisotopic (exact) mass is 310 g/mol. The van der Waals surface area contributed by atoms with Crippen LogP contribution in [0.15, 0.2) is 17.3 Å². The van der Waals surface area contributed by atoms with Gasteiger partial charge in [0.05, 0.1) is 11.4 Å². The first kappa shape index (κ1) is 16.0. The van der Waals surface area contributed by atoms with Crippen molar-refractivity contribution in [2.24, 2.45) is 5.16 Å². The standard InChI is InChI=1S/C10H9F3N2O4S/c1-19-15-7(8(16)17)6-3-2-5(20-6)4-14-9(18)10(11,12)13/h2-3H,4H2,1H3,(H,14,18)(H,16,17). The Morgan fingerprint density at radius 2 is 2.10 bits per heavy atom. The van der Waals surface area contributed by atoms with Crippen LogP contribution in [0.25, 0.3) is 0 Å². The molecule has 1 heterocycles. The molecule has 0 fully saturated rings. The summed E-state index contributed by atoms with van der Waals surface area (Å²) < 4.78 is 35.9. The lowest BCUT2D eigenvalue weighted by Crippen LogP contribution is -2.36. The van der Waals surface area contributed by atoms with Gasteiger partial charge in [-0.1, -0.05) is 5.16 Å². The highest BCUT2D eigenvalue weighted by Gasteiger charge is 2.38. The second-order valence-corrected chi connectivity index (χ2v) is 4.54. The van der Waals surface area contributed by atoms with Gasteiger partial charge in [0.1, 0.15) is 7.11 Å². The van der Waals surface area contributed by atoms with Crippen molar-refractivity contribution in [1.82, 2.24) is 5.32 Å². The lowest BCUT2D eigenvalue weighted by molar-refractivity contribution is -0.173. The fourth-order valence-electron chi connectivity index (χ4n) is 1.15. The summed E-state index contributed by atoms with van der Waals surface area (Å²) in [4.78, 5) is 26.4. The topological polar surface area (TPSA) is 88.0 Å². The molecule has 0 spiro atoms. The van der Waals surface area contributed by atoms with Crippen molar-refractivity contribution in [2.45, 2.75) is 12.7 Å². The Labute approximate surface area is 114 Å². The molecule has 0 unspecified atom stereocenters. The smallest absolute Gasteiger partial charge is 0.471 e. The van der Waals surface area contributed by atoms with Crippen LogP contribution in [0.2, 0.25) is 0 Å². The summed E-state index contributed by atoms with van der Waals surface area (Å²) in [5.41, 5.74) is -0.370. The highest BCUT2D eigenvalue weighted by atomic mass is 32.1. The van der Waals surface area contributed by atoms with Crippen LogP contribution in [0.1, 0.15) is 9.75 Å². The van der Waals surface area contributed by atoms with Gasteiger partial charge in [-0.15, -0.1) is 11.3 Å². The maximum atomic E-state index is 12.0. The molecule has 1 amide bonds. The number of rotatable bonds is 5. The first-order valence-corrected chi connectivity index (χ1v) is 5.86. The lowest BCUT2D eigenvalue weighted by Gasteiger charge is -2.06. The van der Waals surface area contributed by atoms with Crippen LogP contribution in [0.3, 0.4) is 0 Å². The van der Waals surface area contributed by atoms with Crippen LogP contribution in [-0.4, -0.2) is 36.0 Å². The molecular weight excluding hydrogens is 301 g/mol. The normalized spacial score (nSPS) is 12.1. The molecular formula is C10H9F3N2O4S. The predicted molar refractivity (Wildman–Crippen MR) is 63.4 cm³/mol. The minimum Gasteiger partial charge on any atom is -0.476 e. The van der Waals surface area contributed by atoms with Crippen molar-refractivity contribution in [1.29, 1.82) is 0 Å². The molecule has 0 aromatic carbocycles. The number of aliphatic carboxylic acids is 1. The summed E-state index contributed by atoms with van der Waals surface area (Å²) in [5, 5.41) is 13.9. The molecule has 0 saturated heterocycles. The van der Waals surface area contributed by atoms with Crippen LogP contribution in [0, 0.1) is 0 Å². The Hall–Kier alpha value is -2.10. The average molecular weight is 310 g/mol. The molecule has 1 aromatic rings. The highest BCUT2D eigenvalue weighted by molar-refractivity contribution is 7.14. The number of amides is 1. The van der Waals surface area contributed by atoms with Gasteiger partial charge < -0.3 is 15.3 Å². The summed E-state index contributed by atoms with van der Waals surface area (Å²) in [5.74, 6) is -3.39. The Kier molecular flexibility index (Phi) is 5.08. The van der Waals surface area contributed by atoms with Crippen molar-refractivity contribution in [3.63, 3.8) is 0 Å². The van der Waals surface area contributed by atoms with E-state index in [1.54, 1.807) is 5.32 Å². The van der Waals surface area contributed by atoms with E-state index in [9.17, 15) is 22.8 Å². The number of halogens is 3. The SMILES string of the molecule is CON=C(C(=O)O)c1ccc(CNC(=O)C(F)(F)F)s1. The van der Waals surface area contributed by atoms with Crippen molar-refractivity contribution in [2.75, 3.05) is 7.11 Å². The fourth-order valence-corrected chi connectivity index (χ4v) is 2.07. The average Bonchev–Trinajstić information content (AvgIpc) is 2.79. The van der Waals surface area contributed by atoms with Gasteiger partial charge >= 0.3 is 18.1 Å². The highest BCUT2D eigenvalue weighted by Crippen LogP contribution is 2.19. The molecule has 1 aromatic heterocycles. The van der Waals surface area contributed by atoms with E-state index in [-0.39, 0.29) is 17.1 Å². The third-order valence-corrected chi connectivity index (χ3v) is 3.05. The molecule has 2 N–H and O–H groups in total. The maximum absolute atomic E-state index is 12.0. The summed E-state index contributed by atoms with van der Waals surface area (Å²) in [6.45, 7) is -0.358. The third-order valence-electron chi connectivity index (χ3n) is 1.96. The zero-order valence-electron chi connectivity index (χ0n) is 10.0. The van der Waals surface area contributed by atoms with Crippen LogP contribution in [0.4, 0.5) is 13.2 Å². The second-order valence-electron chi connectivity index (χ2n) is 3.37. The predicted octanol–water partition coefficient (Wildman–Crippen LogP) is 1.36. The minimum atomic E-state index is -4.95. The molecule has 0 aliphatic rings. The van der Waals surface area contributed by atoms with E-state index in [4.69, 9.17) is 5.11 Å². The van der Waals surface area contributed by atoms with E-state index in [1.165, 1.54) is 19.2 Å². The number of carboxylic acids is 1. The van der Waals surface area contributed by atoms with E-state index in [2.05, 4.69) is 9.99 Å². The second kappa shape index (κ2) is 6.37. The van der Waals surface area contributed by atoms with Crippen LogP contribution >= 0.6 is 11.3 Å². The molecule has 0 aliphatic carbocycles. The van der Waals surface area contributed by atoms with Gasteiger partial charge in [-0.25, -0.2) is 4.79 Å². The molecule has 6 nitrogen and oxygen atoms in total. The van der Waals surface area contributed by atoms with Gasteiger partial charge in [0.2, 0.25) is 5.71 Å². The van der Waals surface area contributed by atoms with Gasteiger partial charge in [0, 0.05) is 4.88 Å². The molecule has 0 radical (unpaired) electrons. The third kappa shape index (κ3) is 4.23. The molecule has 1 rings (SSSR count). The molecule has 10 heteroatoms. The van der Waals surface area contributed by atoms with Crippen molar-refractivity contribution >= 4 is 28.9 Å². The molecule has 0 saturated carbocycles. The summed E-state index contributed by atoms with van der Waals surface area (Å²) in [6.07, 6.45) is -4.95. The Bertz CT molecular complexity index is 539. The van der Waals surface area contributed by atoms with Crippen LogP contribution in [-0.2, 0) is 21.0 Å². The Morgan fingerprint density at radius 3 is 2.60 bits per heavy atom. The lowest BCUT2D eigenvalue weighted by atomic mass is 10.3. The van der Waals surface area contributed by atoms with Crippen LogP contribution < -0.4 is 5.32 Å². The quantitative estimate of drug-likeness (QED) is 0.635. The number of thiophene rings is 1. The largest absolute Gasteiger partial charge is 0.476 e. The number of carbonyl (C=O) groups is 2. The minimum absolute atomic E-state index is 0.204. The summed E-state index contributed by atoms with van der Waals surface area (Å²) in [7, 11) is 1.17. The number of oxime groups is 1. The zero-order valence-corrected chi connectivity index (χ0v) is 10.8. The number of hydrogen-bond acceptors (Lipinski definition) is 5. The first-order chi connectivity index (χ1) is 9.25. The van der Waals surface area contributed by atoms with E-state index in [1.807, 2.05) is 0 Å². The van der Waals surface area contributed by atoms with E-state index in [0.29, 0.717) is 4.88 Å². The van der Waals surface area contributed by atoms with Crippen molar-refractivity contribution < 1.29 is 32.7 Å². The molecule has 0 aliphatic heterocycles. The molecule has 110 valence electrons. The van der Waals surface area contributed by atoms with E-state index >= 15 is 0 Å². The van der Waals surface area contributed by atoms with Gasteiger partial charge in [-0.05, 0) is 12.1 Å². The summed E-state index contributed by atoms with van der Waals surface area (Å²) in [6, 6.07) is 2.76. The molecule has 0 bridgehead atoms. The number of nitrogens with zero attached hydrogens (tertiary/aromatic N) is 1. The van der Waals surface area contributed by atoms with Crippen molar-refractivity contribution in [3.05, 3.63) is 21.9 Å². The molecule has 0 atom stereocenters. The Morgan fingerprint density at radius 1 is 1.45 bits per heavy atom. The number of carboxylic acid groups (broad SMARTS) is 1. The van der Waals surface area contributed by atoms with E-state index in [0.717, 1.165) is 11.3 Å². The van der Waals surface area contributed by atoms with Crippen molar-refractivity contribution in [3.8, 4) is 0 Å². The number of hydrogen-bond donors (Lipinski definition) is 2. The number of alkyl halides is 3. The first-order valence-electron chi connectivity index (χ1n) is 5.04. The fraction of sp³-hybridized carbons (Fsp3) is 0.300. The summed E-state index contributed by atoms with van der Waals surface area (Å²) >= 11 is 0.888. The van der Waals surface area contributed by atoms with Gasteiger partial charge in [0.15, 0.2) is 0 Å². The van der Waals surface area contributed by atoms with Gasteiger partial charge in [0.25, 0.3) is 0 Å². The zero-order chi connectivity index (χ0) is 15.3. The number of carbonyl (C=O) groups excluding carboxylic acids is 1.